The fourth-order valence-corrected chi connectivity index (χ4v) is 2.25. The maximum atomic E-state index is 5.99. The summed E-state index contributed by atoms with van der Waals surface area (Å²) in [5.41, 5.74) is 8.26. The molecule has 15 heavy (non-hydrogen) atoms. The van der Waals surface area contributed by atoms with Crippen LogP contribution in [0.5, 0.6) is 0 Å². The van der Waals surface area contributed by atoms with Crippen LogP contribution in [0.2, 0.25) is 0 Å². The Kier molecular flexibility index (Phi) is 1.75. The number of benzene rings is 1. The molecule has 0 saturated heterocycles. The third-order valence-corrected chi connectivity index (χ3v) is 3.27. The minimum atomic E-state index is 0.264. The van der Waals surface area contributed by atoms with E-state index in [1.807, 2.05) is 12.1 Å². The van der Waals surface area contributed by atoms with Crippen LogP contribution in [0.25, 0.3) is 0 Å². The summed E-state index contributed by atoms with van der Waals surface area (Å²) in [5, 5.41) is 0. The number of hydrogen-bond acceptors (Lipinski definition) is 3. The molecule has 78 valence electrons. The molecule has 0 radical (unpaired) electrons. The molecule has 1 fully saturated rings. The van der Waals surface area contributed by atoms with Gasteiger partial charge in [0.2, 0.25) is 0 Å². The van der Waals surface area contributed by atoms with Crippen LogP contribution in [0.4, 0.5) is 5.69 Å². The second kappa shape index (κ2) is 2.99. The molecule has 1 unspecified atom stereocenters. The number of hydrogen-bond donors (Lipinski definition) is 1. The smallest absolute Gasteiger partial charge is 0.130 e. The van der Waals surface area contributed by atoms with Crippen molar-refractivity contribution in [1.82, 2.24) is 0 Å². The second-order valence-corrected chi connectivity index (χ2v) is 4.39. The number of rotatable bonds is 1. The molecule has 1 heterocycles. The van der Waals surface area contributed by atoms with Crippen LogP contribution < -0.4 is 10.6 Å². The fraction of sp³-hybridized carbons (Fsp3) is 0.417. The van der Waals surface area contributed by atoms with Crippen LogP contribution in [-0.2, 0) is 0 Å². The Hall–Kier alpha value is -1.51. The summed E-state index contributed by atoms with van der Waals surface area (Å²) < 4.78 is 0. The summed E-state index contributed by atoms with van der Waals surface area (Å²) in [6, 6.07) is 8.21. The van der Waals surface area contributed by atoms with Crippen molar-refractivity contribution in [3.8, 4) is 0 Å². The molecule has 3 heteroatoms. The van der Waals surface area contributed by atoms with E-state index in [9.17, 15) is 0 Å². The first-order valence-electron chi connectivity index (χ1n) is 5.43. The predicted molar refractivity (Wildman–Crippen MR) is 62.1 cm³/mol. The van der Waals surface area contributed by atoms with Crippen molar-refractivity contribution in [2.75, 3.05) is 11.9 Å². The summed E-state index contributed by atoms with van der Waals surface area (Å²) in [7, 11) is 2.11. The van der Waals surface area contributed by atoms with Gasteiger partial charge in [-0.25, -0.2) is 4.99 Å². The van der Waals surface area contributed by atoms with Crippen molar-refractivity contribution in [1.29, 1.82) is 0 Å². The van der Waals surface area contributed by atoms with Crippen molar-refractivity contribution in [2.45, 2.75) is 19.0 Å². The predicted octanol–water partition coefficient (Wildman–Crippen LogP) is 1.58. The quantitative estimate of drug-likeness (QED) is 0.749. The zero-order chi connectivity index (χ0) is 10.4. The normalized spacial score (nSPS) is 24.7. The Morgan fingerprint density at radius 1 is 1.33 bits per heavy atom. The molecule has 1 atom stereocenters. The van der Waals surface area contributed by atoms with E-state index in [0.717, 1.165) is 5.56 Å². The van der Waals surface area contributed by atoms with Crippen LogP contribution in [0.15, 0.2) is 29.3 Å². The first kappa shape index (κ1) is 8.77. The molecule has 2 N–H and O–H groups in total. The third-order valence-electron chi connectivity index (χ3n) is 3.27. The minimum absolute atomic E-state index is 0.264. The van der Waals surface area contributed by atoms with Crippen molar-refractivity contribution >= 4 is 11.5 Å². The molecule has 1 aromatic rings. The van der Waals surface area contributed by atoms with E-state index in [1.54, 1.807) is 0 Å². The molecule has 1 saturated carbocycles. The Balaban J connectivity index is 2.07. The summed E-state index contributed by atoms with van der Waals surface area (Å²) >= 11 is 0. The van der Waals surface area contributed by atoms with E-state index in [0.29, 0.717) is 11.8 Å². The highest BCUT2D eigenvalue weighted by atomic mass is 15.3. The molecule has 0 amide bonds. The molecule has 1 aliphatic carbocycles. The Bertz CT molecular complexity index is 421. The van der Waals surface area contributed by atoms with Crippen molar-refractivity contribution < 1.29 is 0 Å². The van der Waals surface area contributed by atoms with Crippen LogP contribution in [0.3, 0.4) is 0 Å². The highest BCUT2D eigenvalue weighted by molar-refractivity contribution is 6.04. The zero-order valence-corrected chi connectivity index (χ0v) is 8.85. The van der Waals surface area contributed by atoms with E-state index >= 15 is 0 Å². The lowest BCUT2D eigenvalue weighted by Gasteiger charge is -2.33. The van der Waals surface area contributed by atoms with Crippen LogP contribution >= 0.6 is 0 Å². The van der Waals surface area contributed by atoms with Gasteiger partial charge in [-0.3, -0.25) is 0 Å². The van der Waals surface area contributed by atoms with E-state index in [4.69, 9.17) is 5.73 Å². The summed E-state index contributed by atoms with van der Waals surface area (Å²) in [6.45, 7) is 0. The van der Waals surface area contributed by atoms with Gasteiger partial charge in [-0.05, 0) is 30.9 Å². The number of anilines is 1. The number of para-hydroxylation sites is 1. The van der Waals surface area contributed by atoms with Gasteiger partial charge in [-0.1, -0.05) is 12.1 Å². The number of aliphatic imine (C=N–C) groups is 1. The molecule has 0 aromatic heterocycles. The molecular formula is C12H15N3. The minimum Gasteiger partial charge on any atom is -0.383 e. The highest BCUT2D eigenvalue weighted by Crippen LogP contribution is 2.39. The van der Waals surface area contributed by atoms with Gasteiger partial charge in [0.1, 0.15) is 12.0 Å². The maximum absolute atomic E-state index is 5.99. The van der Waals surface area contributed by atoms with Crippen molar-refractivity contribution in [3.63, 3.8) is 0 Å². The van der Waals surface area contributed by atoms with Crippen molar-refractivity contribution in [3.05, 3.63) is 29.8 Å². The van der Waals surface area contributed by atoms with Gasteiger partial charge in [0.15, 0.2) is 0 Å². The summed E-state index contributed by atoms with van der Waals surface area (Å²) in [4.78, 5) is 6.84. The molecular weight excluding hydrogens is 186 g/mol. The van der Waals surface area contributed by atoms with E-state index in [1.165, 1.54) is 18.5 Å². The summed E-state index contributed by atoms with van der Waals surface area (Å²) in [5.74, 6) is 1.41. The standard InChI is InChI=1S/C12H15N3/c1-15-10-5-3-2-4-9(10)11(13)14-12(15)8-6-7-8/h2-5,8,12H,6-7H2,1H3,(H2,13,14). The van der Waals surface area contributed by atoms with Gasteiger partial charge in [0.05, 0.1) is 0 Å². The molecule has 1 aliphatic heterocycles. The molecule has 3 nitrogen and oxygen atoms in total. The van der Waals surface area contributed by atoms with Gasteiger partial charge < -0.3 is 10.6 Å². The highest BCUT2D eigenvalue weighted by Gasteiger charge is 2.36. The first-order chi connectivity index (χ1) is 7.27. The Morgan fingerprint density at radius 2 is 2.07 bits per heavy atom. The maximum Gasteiger partial charge on any atom is 0.130 e. The monoisotopic (exact) mass is 201 g/mol. The van der Waals surface area contributed by atoms with E-state index < -0.39 is 0 Å². The average molecular weight is 201 g/mol. The average Bonchev–Trinajstić information content (AvgIpc) is 3.07. The van der Waals surface area contributed by atoms with Gasteiger partial charge in [0.25, 0.3) is 0 Å². The van der Waals surface area contributed by atoms with Crippen LogP contribution in [0.1, 0.15) is 18.4 Å². The Morgan fingerprint density at radius 3 is 2.80 bits per heavy atom. The SMILES string of the molecule is CN1c2ccccc2C(N)=NC1C1CC1. The summed E-state index contributed by atoms with van der Waals surface area (Å²) in [6.07, 6.45) is 2.84. The largest absolute Gasteiger partial charge is 0.383 e. The molecule has 1 aromatic carbocycles. The molecule has 3 rings (SSSR count). The van der Waals surface area contributed by atoms with Gasteiger partial charge in [-0.15, -0.1) is 0 Å². The zero-order valence-electron chi connectivity index (χ0n) is 8.85. The van der Waals surface area contributed by atoms with E-state index in [2.05, 4.69) is 29.1 Å². The van der Waals surface area contributed by atoms with Gasteiger partial charge >= 0.3 is 0 Å². The lowest BCUT2D eigenvalue weighted by Crippen LogP contribution is -2.39. The molecule has 2 aliphatic rings. The van der Waals surface area contributed by atoms with Gasteiger partial charge in [-0.2, -0.15) is 0 Å². The number of nitrogens with zero attached hydrogens (tertiary/aromatic N) is 2. The first-order valence-corrected chi connectivity index (χ1v) is 5.43. The molecule has 0 spiro atoms. The Labute approximate surface area is 89.6 Å². The third kappa shape index (κ3) is 1.30. The second-order valence-electron chi connectivity index (χ2n) is 4.39. The number of fused-ring (bicyclic) bond motifs is 1. The fourth-order valence-electron chi connectivity index (χ4n) is 2.25. The van der Waals surface area contributed by atoms with Crippen LogP contribution in [-0.4, -0.2) is 19.0 Å². The van der Waals surface area contributed by atoms with Gasteiger partial charge in [0, 0.05) is 18.3 Å². The lowest BCUT2D eigenvalue weighted by atomic mass is 10.1. The van der Waals surface area contributed by atoms with Crippen molar-refractivity contribution in [2.24, 2.45) is 16.6 Å². The van der Waals surface area contributed by atoms with E-state index in [-0.39, 0.29) is 6.17 Å². The number of amidine groups is 1. The van der Waals surface area contributed by atoms with Crippen LogP contribution in [0, 0.1) is 5.92 Å². The lowest BCUT2D eigenvalue weighted by molar-refractivity contribution is 0.579. The molecule has 0 bridgehead atoms. The number of nitrogens with two attached hydrogens (primary N) is 1. The topological polar surface area (TPSA) is 41.6 Å².